The Balaban J connectivity index is 1.93. The van der Waals surface area contributed by atoms with Crippen molar-refractivity contribution in [1.82, 2.24) is 0 Å². The largest absolute Gasteiger partial charge is 0.295 e. The minimum atomic E-state index is -0.425. The lowest BCUT2D eigenvalue weighted by Gasteiger charge is -2.24. The minimum absolute atomic E-state index is 0.0505. The van der Waals surface area contributed by atoms with Crippen molar-refractivity contribution in [3.8, 4) is 0 Å². The second-order valence-corrected chi connectivity index (χ2v) is 5.68. The smallest absolute Gasteiger partial charge is 0.269 e. The van der Waals surface area contributed by atoms with Gasteiger partial charge in [0.05, 0.1) is 10.7 Å². The molecular weight excluding hydrogens is 288 g/mol. The van der Waals surface area contributed by atoms with Gasteiger partial charge in [-0.3, -0.25) is 19.8 Å². The summed E-state index contributed by atoms with van der Waals surface area (Å²) >= 11 is 1.53. The van der Waals surface area contributed by atoms with Crippen LogP contribution in [0.3, 0.4) is 0 Å². The highest BCUT2D eigenvalue weighted by atomic mass is 32.2. The Hall–Kier alpha value is -2.34. The Morgan fingerprint density at radius 2 is 1.76 bits per heavy atom. The fourth-order valence-electron chi connectivity index (χ4n) is 2.30. The van der Waals surface area contributed by atoms with E-state index in [-0.39, 0.29) is 17.0 Å². The highest BCUT2D eigenvalue weighted by molar-refractivity contribution is 8.00. The fraction of sp³-hybridized carbons (Fsp3) is 0.133. The topological polar surface area (TPSA) is 63.4 Å². The molecule has 2 aromatic carbocycles. The molecular formula is C15H12N2O3S. The maximum absolute atomic E-state index is 12.1. The molecule has 0 aliphatic carbocycles. The SMILES string of the molecule is O=C1CS[C@H](c2ccc([N+](=O)[O-])cc2)N1c1ccccc1. The van der Waals surface area contributed by atoms with Crippen molar-refractivity contribution in [2.24, 2.45) is 0 Å². The Morgan fingerprint density at radius 1 is 1.10 bits per heavy atom. The first kappa shape index (κ1) is 13.6. The summed E-state index contributed by atoms with van der Waals surface area (Å²) in [5.41, 5.74) is 1.79. The van der Waals surface area contributed by atoms with Crippen LogP contribution in [-0.2, 0) is 4.79 Å². The number of hydrogen-bond donors (Lipinski definition) is 0. The van der Waals surface area contributed by atoms with E-state index in [1.807, 2.05) is 30.3 Å². The second-order valence-electron chi connectivity index (χ2n) is 4.61. The van der Waals surface area contributed by atoms with E-state index in [0.29, 0.717) is 5.75 Å². The van der Waals surface area contributed by atoms with Crippen molar-refractivity contribution in [1.29, 1.82) is 0 Å². The van der Waals surface area contributed by atoms with Gasteiger partial charge in [-0.25, -0.2) is 0 Å². The van der Waals surface area contributed by atoms with Crippen molar-refractivity contribution in [3.05, 3.63) is 70.3 Å². The average molecular weight is 300 g/mol. The maximum atomic E-state index is 12.1. The number of anilines is 1. The molecule has 106 valence electrons. The third-order valence-electron chi connectivity index (χ3n) is 3.29. The van der Waals surface area contributed by atoms with Gasteiger partial charge < -0.3 is 0 Å². The van der Waals surface area contributed by atoms with Crippen molar-refractivity contribution in [3.63, 3.8) is 0 Å². The molecule has 0 radical (unpaired) electrons. The summed E-state index contributed by atoms with van der Waals surface area (Å²) in [7, 11) is 0. The summed E-state index contributed by atoms with van der Waals surface area (Å²) in [6, 6.07) is 15.8. The van der Waals surface area contributed by atoms with Crippen molar-refractivity contribution >= 4 is 29.0 Å². The molecule has 3 rings (SSSR count). The van der Waals surface area contributed by atoms with Gasteiger partial charge in [-0.05, 0) is 29.8 Å². The van der Waals surface area contributed by atoms with Crippen LogP contribution in [-0.4, -0.2) is 16.6 Å². The lowest BCUT2D eigenvalue weighted by atomic mass is 10.1. The molecule has 21 heavy (non-hydrogen) atoms. The second kappa shape index (κ2) is 5.57. The number of hydrogen-bond acceptors (Lipinski definition) is 4. The molecule has 0 unspecified atom stereocenters. The molecule has 0 spiro atoms. The first-order valence-electron chi connectivity index (χ1n) is 6.40. The zero-order valence-electron chi connectivity index (χ0n) is 11.0. The number of nitrogens with zero attached hydrogens (tertiary/aromatic N) is 2. The molecule has 1 heterocycles. The van der Waals surface area contributed by atoms with Crippen LogP contribution in [0.5, 0.6) is 0 Å². The lowest BCUT2D eigenvalue weighted by Crippen LogP contribution is -2.27. The van der Waals surface area contributed by atoms with Crippen LogP contribution in [0, 0.1) is 10.1 Å². The van der Waals surface area contributed by atoms with Crippen LogP contribution in [0.1, 0.15) is 10.9 Å². The highest BCUT2D eigenvalue weighted by Crippen LogP contribution is 2.41. The summed E-state index contributed by atoms with van der Waals surface area (Å²) in [5, 5.41) is 10.6. The van der Waals surface area contributed by atoms with Crippen molar-refractivity contribution in [2.75, 3.05) is 10.7 Å². The average Bonchev–Trinajstić information content (AvgIpc) is 2.90. The van der Waals surface area contributed by atoms with Crippen molar-refractivity contribution < 1.29 is 9.72 Å². The van der Waals surface area contributed by atoms with E-state index in [0.717, 1.165) is 11.3 Å². The standard InChI is InChI=1S/C15H12N2O3S/c18-14-10-21-15(16(14)12-4-2-1-3-5-12)11-6-8-13(9-7-11)17(19)20/h1-9,15H,10H2/t15-/m1/s1. The number of non-ortho nitro benzene ring substituents is 1. The summed E-state index contributed by atoms with van der Waals surface area (Å²) in [5.74, 6) is 0.464. The summed E-state index contributed by atoms with van der Waals surface area (Å²) in [6.07, 6.45) is 0. The Bertz CT molecular complexity index is 673. The zero-order chi connectivity index (χ0) is 14.8. The van der Waals surface area contributed by atoms with Gasteiger partial charge in [0.1, 0.15) is 5.37 Å². The molecule has 1 saturated heterocycles. The molecule has 1 atom stereocenters. The van der Waals surface area contributed by atoms with Crippen LogP contribution in [0.4, 0.5) is 11.4 Å². The summed E-state index contributed by atoms with van der Waals surface area (Å²) in [6.45, 7) is 0. The van der Waals surface area contributed by atoms with Gasteiger partial charge in [-0.15, -0.1) is 11.8 Å². The number of para-hydroxylation sites is 1. The normalized spacial score (nSPS) is 18.0. The van der Waals surface area contributed by atoms with Gasteiger partial charge in [-0.1, -0.05) is 18.2 Å². The predicted molar refractivity (Wildman–Crippen MR) is 82.2 cm³/mol. The van der Waals surface area contributed by atoms with Crippen LogP contribution >= 0.6 is 11.8 Å². The molecule has 0 N–H and O–H groups in total. The quantitative estimate of drug-likeness (QED) is 0.644. The van der Waals surface area contributed by atoms with E-state index >= 15 is 0 Å². The first-order valence-corrected chi connectivity index (χ1v) is 7.45. The van der Waals surface area contributed by atoms with Gasteiger partial charge in [0.25, 0.3) is 5.69 Å². The van der Waals surface area contributed by atoms with Gasteiger partial charge in [-0.2, -0.15) is 0 Å². The van der Waals surface area contributed by atoms with Crippen molar-refractivity contribution in [2.45, 2.75) is 5.37 Å². The van der Waals surface area contributed by atoms with Gasteiger partial charge in [0.15, 0.2) is 0 Å². The molecule has 1 amide bonds. The number of nitro benzene ring substituents is 1. The first-order chi connectivity index (χ1) is 10.2. The highest BCUT2D eigenvalue weighted by Gasteiger charge is 2.34. The Morgan fingerprint density at radius 3 is 2.38 bits per heavy atom. The molecule has 1 aliphatic rings. The third kappa shape index (κ3) is 2.62. The molecule has 1 fully saturated rings. The molecule has 0 bridgehead atoms. The zero-order valence-corrected chi connectivity index (χ0v) is 11.8. The van der Waals surface area contributed by atoms with Gasteiger partial charge >= 0.3 is 0 Å². The van der Waals surface area contributed by atoms with E-state index in [4.69, 9.17) is 0 Å². The molecule has 6 heteroatoms. The van der Waals surface area contributed by atoms with Gasteiger partial charge in [0, 0.05) is 17.8 Å². The van der Waals surface area contributed by atoms with Crippen LogP contribution < -0.4 is 4.90 Å². The molecule has 0 aromatic heterocycles. The molecule has 2 aromatic rings. The van der Waals surface area contributed by atoms with E-state index in [1.54, 1.807) is 17.0 Å². The van der Waals surface area contributed by atoms with E-state index < -0.39 is 4.92 Å². The fourth-order valence-corrected chi connectivity index (χ4v) is 3.48. The van der Waals surface area contributed by atoms with Gasteiger partial charge in [0.2, 0.25) is 5.91 Å². The number of thioether (sulfide) groups is 1. The van der Waals surface area contributed by atoms with E-state index in [9.17, 15) is 14.9 Å². The predicted octanol–water partition coefficient (Wildman–Crippen LogP) is 3.37. The summed E-state index contributed by atoms with van der Waals surface area (Å²) < 4.78 is 0. The molecule has 0 saturated carbocycles. The number of carbonyl (C=O) groups excluding carboxylic acids is 1. The number of carbonyl (C=O) groups is 1. The number of rotatable bonds is 3. The van der Waals surface area contributed by atoms with Crippen LogP contribution in [0.15, 0.2) is 54.6 Å². The maximum Gasteiger partial charge on any atom is 0.269 e. The monoisotopic (exact) mass is 300 g/mol. The third-order valence-corrected chi connectivity index (χ3v) is 4.50. The number of benzene rings is 2. The van der Waals surface area contributed by atoms with Crippen LogP contribution in [0.25, 0.3) is 0 Å². The minimum Gasteiger partial charge on any atom is -0.295 e. The lowest BCUT2D eigenvalue weighted by molar-refractivity contribution is -0.384. The Labute approximate surface area is 125 Å². The molecule has 5 nitrogen and oxygen atoms in total. The van der Waals surface area contributed by atoms with E-state index in [1.165, 1.54) is 23.9 Å². The van der Waals surface area contributed by atoms with E-state index in [2.05, 4.69) is 0 Å². The van der Waals surface area contributed by atoms with Crippen LogP contribution in [0.2, 0.25) is 0 Å². The Kier molecular flexibility index (Phi) is 3.62. The number of amides is 1. The summed E-state index contributed by atoms with van der Waals surface area (Å²) in [4.78, 5) is 24.2. The molecule has 1 aliphatic heterocycles. The number of nitro groups is 1.